The number of aromatic hydroxyl groups is 1. The summed E-state index contributed by atoms with van der Waals surface area (Å²) in [4.78, 5) is 20.3. The summed E-state index contributed by atoms with van der Waals surface area (Å²) in [5.41, 5.74) is 4.52. The summed E-state index contributed by atoms with van der Waals surface area (Å²) in [6.07, 6.45) is 10.3. The molecule has 1 saturated heterocycles. The lowest BCUT2D eigenvalue weighted by Crippen LogP contribution is -2.69. The molecule has 214 valence electrons. The number of benzene rings is 2. The van der Waals surface area contributed by atoms with Gasteiger partial charge in [-0.25, -0.2) is 0 Å². The zero-order chi connectivity index (χ0) is 28.3. The predicted molar refractivity (Wildman–Crippen MR) is 158 cm³/mol. The molecular formula is C34H39N3O4. The first-order valence-corrected chi connectivity index (χ1v) is 14.8. The molecule has 1 unspecified atom stereocenters. The van der Waals surface area contributed by atoms with Crippen molar-refractivity contribution in [1.82, 2.24) is 14.7 Å². The van der Waals surface area contributed by atoms with Crippen LogP contribution in [-0.4, -0.2) is 78.1 Å². The third-order valence-electron chi connectivity index (χ3n) is 10.4. The number of nitrogens with zero attached hydrogens (tertiary/aromatic N) is 3. The number of likely N-dealkylation sites (N-methyl/N-ethyl adjacent to an activating group) is 2. The van der Waals surface area contributed by atoms with Gasteiger partial charge in [-0.2, -0.15) is 0 Å². The molecule has 2 bridgehead atoms. The van der Waals surface area contributed by atoms with Crippen LogP contribution in [0.4, 0.5) is 0 Å². The van der Waals surface area contributed by atoms with E-state index in [4.69, 9.17) is 9.15 Å². The lowest BCUT2D eigenvalue weighted by atomic mass is 9.51. The van der Waals surface area contributed by atoms with Gasteiger partial charge in [-0.1, -0.05) is 36.4 Å². The van der Waals surface area contributed by atoms with Crippen molar-refractivity contribution >= 4 is 12.0 Å². The summed E-state index contributed by atoms with van der Waals surface area (Å²) in [7, 11) is 6.25. The van der Waals surface area contributed by atoms with Gasteiger partial charge >= 0.3 is 0 Å². The highest BCUT2D eigenvalue weighted by Gasteiger charge is 2.66. The van der Waals surface area contributed by atoms with E-state index in [0.29, 0.717) is 23.8 Å². The number of carbonyl (C=O) groups is 1. The van der Waals surface area contributed by atoms with Crippen LogP contribution < -0.4 is 4.74 Å². The molecule has 2 aromatic carbocycles. The fourth-order valence-corrected chi connectivity index (χ4v) is 8.50. The number of phenols is 1. The Balaban J connectivity index is 1.22. The molecule has 2 fully saturated rings. The van der Waals surface area contributed by atoms with Crippen LogP contribution in [0.5, 0.6) is 11.5 Å². The van der Waals surface area contributed by atoms with Gasteiger partial charge in [0.2, 0.25) is 5.91 Å². The van der Waals surface area contributed by atoms with Crippen molar-refractivity contribution in [3.05, 3.63) is 89.4 Å². The highest BCUT2D eigenvalue weighted by molar-refractivity contribution is 5.91. The summed E-state index contributed by atoms with van der Waals surface area (Å²) in [5, 5.41) is 10.9. The van der Waals surface area contributed by atoms with E-state index in [2.05, 4.69) is 60.3 Å². The Morgan fingerprint density at radius 1 is 1.15 bits per heavy atom. The maximum atomic E-state index is 13.4. The molecule has 7 nitrogen and oxygen atoms in total. The smallest absolute Gasteiger partial charge is 0.246 e. The van der Waals surface area contributed by atoms with Crippen molar-refractivity contribution < 1.29 is 19.1 Å². The van der Waals surface area contributed by atoms with E-state index in [1.165, 1.54) is 16.7 Å². The average molecular weight is 554 g/mol. The highest BCUT2D eigenvalue weighted by atomic mass is 16.5. The number of amides is 1. The topological polar surface area (TPSA) is 69.4 Å². The Bertz CT molecular complexity index is 1450. The molecule has 41 heavy (non-hydrogen) atoms. The van der Waals surface area contributed by atoms with Crippen LogP contribution in [0.3, 0.4) is 0 Å². The van der Waals surface area contributed by atoms with Crippen LogP contribution in [0.2, 0.25) is 0 Å². The van der Waals surface area contributed by atoms with E-state index in [0.717, 1.165) is 44.3 Å². The van der Waals surface area contributed by atoms with Gasteiger partial charge in [-0.15, -0.1) is 0 Å². The van der Waals surface area contributed by atoms with Crippen LogP contribution in [0, 0.1) is 5.92 Å². The minimum Gasteiger partial charge on any atom is -0.504 e. The molecule has 0 radical (unpaired) electrons. The van der Waals surface area contributed by atoms with Crippen molar-refractivity contribution in [3.8, 4) is 11.5 Å². The molecule has 1 amide bonds. The third kappa shape index (κ3) is 4.12. The van der Waals surface area contributed by atoms with E-state index in [-0.39, 0.29) is 29.2 Å². The molecular weight excluding hydrogens is 514 g/mol. The van der Waals surface area contributed by atoms with Crippen molar-refractivity contribution in [2.24, 2.45) is 5.92 Å². The molecule has 6 atom stereocenters. The van der Waals surface area contributed by atoms with Crippen molar-refractivity contribution in [1.29, 1.82) is 0 Å². The highest BCUT2D eigenvalue weighted by Crippen LogP contribution is 2.64. The SMILES string of the molecule is CN(C)C(CN1CC[C@]23c4c5ccc(O)c4O[C@H]2[C@@H](N(C)C(=O)C=Cc2ccoc2)CC[C@H]3[C@H]1C5)c1ccccc1. The normalized spacial score (nSPS) is 28.9. The molecule has 1 saturated carbocycles. The summed E-state index contributed by atoms with van der Waals surface area (Å²) in [6.45, 7) is 1.94. The number of carbonyl (C=O) groups excluding carboxylic acids is 1. The third-order valence-corrected chi connectivity index (χ3v) is 10.4. The van der Waals surface area contributed by atoms with Crippen molar-refractivity contribution in [2.75, 3.05) is 34.2 Å². The monoisotopic (exact) mass is 553 g/mol. The molecule has 1 N–H and O–H groups in total. The fourth-order valence-electron chi connectivity index (χ4n) is 8.50. The van der Waals surface area contributed by atoms with Gasteiger partial charge in [0, 0.05) is 48.3 Å². The van der Waals surface area contributed by atoms with Gasteiger partial charge in [0.1, 0.15) is 6.10 Å². The van der Waals surface area contributed by atoms with Crippen LogP contribution in [0.15, 0.2) is 71.6 Å². The second-order valence-corrected chi connectivity index (χ2v) is 12.5. The van der Waals surface area contributed by atoms with E-state index < -0.39 is 0 Å². The second kappa shape index (κ2) is 10.1. The van der Waals surface area contributed by atoms with Gasteiger partial charge in [0.05, 0.1) is 18.6 Å². The quantitative estimate of drug-likeness (QED) is 0.421. The Morgan fingerprint density at radius 2 is 1.98 bits per heavy atom. The molecule has 1 spiro atoms. The lowest BCUT2D eigenvalue weighted by molar-refractivity contribution is -0.135. The van der Waals surface area contributed by atoms with Crippen LogP contribution in [-0.2, 0) is 16.6 Å². The summed E-state index contributed by atoms with van der Waals surface area (Å²) >= 11 is 0. The fraction of sp³-hybridized carbons (Fsp3) is 0.441. The van der Waals surface area contributed by atoms with Crippen molar-refractivity contribution in [2.45, 2.75) is 55.3 Å². The predicted octanol–water partition coefficient (Wildman–Crippen LogP) is 4.87. The first-order chi connectivity index (χ1) is 19.9. The maximum Gasteiger partial charge on any atom is 0.246 e. The minimum atomic E-state index is -0.199. The zero-order valence-electron chi connectivity index (χ0n) is 24.1. The Labute approximate surface area is 242 Å². The van der Waals surface area contributed by atoms with E-state index in [1.807, 2.05) is 18.0 Å². The van der Waals surface area contributed by atoms with Gasteiger partial charge in [-0.05, 0) is 81.6 Å². The van der Waals surface area contributed by atoms with E-state index in [1.54, 1.807) is 30.7 Å². The molecule has 3 heterocycles. The number of phenolic OH excluding ortho intramolecular Hbond substituents is 1. The number of rotatable bonds is 7. The first kappa shape index (κ1) is 26.4. The first-order valence-electron chi connectivity index (χ1n) is 14.8. The van der Waals surface area contributed by atoms with E-state index in [9.17, 15) is 9.90 Å². The summed E-state index contributed by atoms with van der Waals surface area (Å²) in [5.74, 6) is 1.24. The molecule has 3 aromatic rings. The maximum absolute atomic E-state index is 13.4. The number of ether oxygens (including phenoxy) is 1. The van der Waals surface area contributed by atoms with Crippen LogP contribution >= 0.6 is 0 Å². The number of piperidine rings is 1. The van der Waals surface area contributed by atoms with Crippen molar-refractivity contribution in [3.63, 3.8) is 0 Å². The standard InChI is InChI=1S/C34H39N3O4/c1-35(2)28(23-7-5-4-6-8-23)20-37-17-16-34-25-11-12-26(36(3)30(39)14-9-22-15-18-40-21-22)33(34)41-32-29(38)13-10-24(31(32)34)19-27(25)37/h4-10,13-15,18,21,25-28,33,38H,11-12,16-17,19-20H2,1-3H3/t25-,26-,27+,28?,33-,34-/m0/s1. The van der Waals surface area contributed by atoms with Crippen LogP contribution in [0.1, 0.15) is 47.6 Å². The second-order valence-electron chi connectivity index (χ2n) is 12.5. The lowest BCUT2D eigenvalue weighted by Gasteiger charge is -2.60. The molecule has 7 heteroatoms. The van der Waals surface area contributed by atoms with E-state index >= 15 is 0 Å². The van der Waals surface area contributed by atoms with Gasteiger partial charge in [0.25, 0.3) is 0 Å². The Kier molecular flexibility index (Phi) is 6.47. The summed E-state index contributed by atoms with van der Waals surface area (Å²) < 4.78 is 11.9. The zero-order valence-corrected chi connectivity index (χ0v) is 24.1. The molecule has 2 aliphatic carbocycles. The Hall–Kier alpha value is -3.55. The van der Waals surface area contributed by atoms with Gasteiger partial charge in [0.15, 0.2) is 11.5 Å². The average Bonchev–Trinajstić information content (AvgIpc) is 3.62. The number of furan rings is 1. The molecule has 2 aliphatic heterocycles. The summed E-state index contributed by atoms with van der Waals surface area (Å²) in [6, 6.07) is 17.2. The number of hydrogen-bond acceptors (Lipinski definition) is 6. The van der Waals surface area contributed by atoms with Gasteiger partial charge in [-0.3, -0.25) is 9.69 Å². The minimum absolute atomic E-state index is 0.0449. The van der Waals surface area contributed by atoms with Crippen LogP contribution in [0.25, 0.3) is 6.08 Å². The number of likely N-dealkylation sites (tertiary alicyclic amines) is 1. The van der Waals surface area contributed by atoms with Gasteiger partial charge < -0.3 is 24.1 Å². The Morgan fingerprint density at radius 3 is 2.73 bits per heavy atom. The molecule has 7 rings (SSSR count). The number of hydrogen-bond donors (Lipinski definition) is 1. The molecule has 1 aromatic heterocycles. The largest absolute Gasteiger partial charge is 0.504 e. The molecule has 4 aliphatic rings.